The summed E-state index contributed by atoms with van der Waals surface area (Å²) in [6.07, 6.45) is 9.59. The van der Waals surface area contributed by atoms with Gasteiger partial charge in [-0.25, -0.2) is 4.72 Å². The lowest BCUT2D eigenvalue weighted by molar-refractivity contribution is 0.0461. The number of nitrogens with zero attached hydrogens (tertiary/aromatic N) is 2. The molecule has 2 N–H and O–H groups in total. The number of fused-ring (bicyclic) bond motifs is 3. The van der Waals surface area contributed by atoms with Gasteiger partial charge in [0, 0.05) is 36.8 Å². The van der Waals surface area contributed by atoms with Gasteiger partial charge in [0.1, 0.15) is 12.4 Å². The van der Waals surface area contributed by atoms with Crippen LogP contribution in [0, 0.1) is 11.8 Å². The van der Waals surface area contributed by atoms with E-state index in [0.29, 0.717) is 30.3 Å². The van der Waals surface area contributed by atoms with Crippen molar-refractivity contribution in [3.05, 3.63) is 82.9 Å². The van der Waals surface area contributed by atoms with Gasteiger partial charge in [-0.05, 0) is 91.8 Å². The minimum atomic E-state index is -4.12. The van der Waals surface area contributed by atoms with E-state index in [1.54, 1.807) is 24.3 Å². The molecule has 0 radical (unpaired) electrons. The van der Waals surface area contributed by atoms with Crippen LogP contribution in [0.4, 0.5) is 5.69 Å². The smallest absolute Gasteiger partial charge is 0.304 e. The molecular formula is C31H38ClN3O5S. The third-order valence-corrected chi connectivity index (χ3v) is 10.1. The molecule has 0 spiro atoms. The monoisotopic (exact) mass is 599 g/mol. The number of nitrogens with one attached hydrogen (secondary N) is 1. The Morgan fingerprint density at radius 2 is 1.98 bits per heavy atom. The molecule has 2 bridgehead atoms. The van der Waals surface area contributed by atoms with Gasteiger partial charge in [0.2, 0.25) is 0 Å². The molecule has 2 aromatic rings. The van der Waals surface area contributed by atoms with Crippen molar-refractivity contribution in [1.82, 2.24) is 9.03 Å². The van der Waals surface area contributed by atoms with Crippen LogP contribution < -0.4 is 14.4 Å². The van der Waals surface area contributed by atoms with Gasteiger partial charge in [-0.3, -0.25) is 4.79 Å². The number of hydrogen-bond acceptors (Lipinski definition) is 6. The topological polar surface area (TPSA) is 99.2 Å². The van der Waals surface area contributed by atoms with E-state index < -0.39 is 22.2 Å². The van der Waals surface area contributed by atoms with Crippen LogP contribution in [0.25, 0.3) is 0 Å². The number of carbonyl (C=O) groups is 1. The lowest BCUT2D eigenvalue weighted by Crippen LogP contribution is -2.44. The Morgan fingerprint density at radius 3 is 2.76 bits per heavy atom. The SMILES string of the molecule is C=CCN1CC/C=C/C(O)[C@@H]2CC[C@H]2CN2CCCCc3cc(Cl)ccc3COc3ccc(cc32)C(=O)NS1(=O)=O. The molecule has 10 heteroatoms. The minimum Gasteiger partial charge on any atom is -0.487 e. The second-order valence-electron chi connectivity index (χ2n) is 11.1. The molecule has 1 saturated carbocycles. The Balaban J connectivity index is 1.53. The molecule has 5 rings (SSSR count). The second-order valence-corrected chi connectivity index (χ2v) is 13.2. The molecule has 3 aliphatic rings. The van der Waals surface area contributed by atoms with E-state index in [0.717, 1.165) is 55.5 Å². The number of halogens is 1. The number of aryl methyl sites for hydroxylation is 1. The van der Waals surface area contributed by atoms with Crippen molar-refractivity contribution in [3.63, 3.8) is 0 Å². The highest BCUT2D eigenvalue weighted by Crippen LogP contribution is 2.41. The molecule has 1 fully saturated rings. The fourth-order valence-corrected chi connectivity index (χ4v) is 7.25. The van der Waals surface area contributed by atoms with Gasteiger partial charge >= 0.3 is 10.2 Å². The van der Waals surface area contributed by atoms with E-state index in [1.807, 2.05) is 24.3 Å². The summed E-state index contributed by atoms with van der Waals surface area (Å²) in [4.78, 5) is 15.5. The normalized spacial score (nSPS) is 26.1. The molecule has 1 aliphatic carbocycles. The first kappa shape index (κ1) is 29.6. The van der Waals surface area contributed by atoms with E-state index in [2.05, 4.69) is 16.2 Å². The van der Waals surface area contributed by atoms with E-state index in [4.69, 9.17) is 16.3 Å². The van der Waals surface area contributed by atoms with Gasteiger partial charge in [0.25, 0.3) is 5.91 Å². The zero-order valence-electron chi connectivity index (χ0n) is 23.2. The molecule has 2 aliphatic heterocycles. The third kappa shape index (κ3) is 6.97. The van der Waals surface area contributed by atoms with Crippen molar-refractivity contribution >= 4 is 33.4 Å². The van der Waals surface area contributed by atoms with Crippen molar-refractivity contribution in [2.24, 2.45) is 11.8 Å². The molecule has 3 atom stereocenters. The lowest BCUT2D eigenvalue weighted by Gasteiger charge is -2.42. The van der Waals surface area contributed by atoms with Crippen molar-refractivity contribution in [1.29, 1.82) is 0 Å². The summed E-state index contributed by atoms with van der Waals surface area (Å²) >= 11 is 6.29. The van der Waals surface area contributed by atoms with Crippen LogP contribution in [0.1, 0.15) is 53.6 Å². The fourth-order valence-electron chi connectivity index (χ4n) is 5.92. The summed E-state index contributed by atoms with van der Waals surface area (Å²) < 4.78 is 36.1. The molecule has 2 heterocycles. The highest BCUT2D eigenvalue weighted by Gasteiger charge is 2.37. The molecule has 220 valence electrons. The molecule has 0 saturated heterocycles. The number of carbonyl (C=O) groups excluding carboxylic acids is 1. The molecule has 8 nitrogen and oxygen atoms in total. The quantitative estimate of drug-likeness (QED) is 0.478. The Labute approximate surface area is 247 Å². The number of aliphatic hydroxyl groups excluding tert-OH is 1. The van der Waals surface area contributed by atoms with Gasteiger partial charge in [-0.1, -0.05) is 35.9 Å². The number of benzene rings is 2. The largest absolute Gasteiger partial charge is 0.487 e. The summed E-state index contributed by atoms with van der Waals surface area (Å²) in [5.41, 5.74) is 3.21. The van der Waals surface area contributed by atoms with E-state index in [9.17, 15) is 18.3 Å². The lowest BCUT2D eigenvalue weighted by atomic mass is 9.70. The number of aliphatic hydroxyl groups is 1. The van der Waals surface area contributed by atoms with E-state index >= 15 is 0 Å². The number of rotatable bonds is 2. The van der Waals surface area contributed by atoms with Crippen molar-refractivity contribution in [2.75, 3.05) is 31.1 Å². The van der Waals surface area contributed by atoms with Crippen LogP contribution >= 0.6 is 11.6 Å². The van der Waals surface area contributed by atoms with Crippen molar-refractivity contribution < 1.29 is 23.1 Å². The van der Waals surface area contributed by atoms with Crippen LogP contribution in [-0.2, 0) is 23.2 Å². The van der Waals surface area contributed by atoms with Crippen LogP contribution in [0.5, 0.6) is 5.75 Å². The van der Waals surface area contributed by atoms with Gasteiger partial charge in [0.05, 0.1) is 11.8 Å². The predicted molar refractivity (Wildman–Crippen MR) is 162 cm³/mol. The van der Waals surface area contributed by atoms with Crippen LogP contribution in [-0.4, -0.2) is 56.0 Å². The molecule has 1 amide bonds. The minimum absolute atomic E-state index is 0.0577. The number of anilines is 1. The van der Waals surface area contributed by atoms with Crippen LogP contribution in [0.2, 0.25) is 5.02 Å². The molecular weight excluding hydrogens is 562 g/mol. The van der Waals surface area contributed by atoms with Crippen LogP contribution in [0.15, 0.2) is 61.2 Å². The maximum Gasteiger partial charge on any atom is 0.304 e. The number of hydrogen-bond donors (Lipinski definition) is 2. The van der Waals surface area contributed by atoms with Gasteiger partial charge in [-0.15, -0.1) is 6.58 Å². The van der Waals surface area contributed by atoms with Crippen molar-refractivity contribution in [2.45, 2.75) is 51.2 Å². The summed E-state index contributed by atoms with van der Waals surface area (Å²) in [6.45, 7) is 5.67. The van der Waals surface area contributed by atoms with Crippen LogP contribution in [0.3, 0.4) is 0 Å². The van der Waals surface area contributed by atoms with Gasteiger partial charge in [0.15, 0.2) is 0 Å². The second kappa shape index (κ2) is 13.0. The Kier molecular flexibility index (Phi) is 9.38. The fraction of sp³-hybridized carbons (Fsp3) is 0.452. The standard InChI is InChI=1S/C31H38ClN3O5S/c1-2-15-35-17-6-4-8-29(36)27-13-10-24(27)20-34-16-5-3-7-22-18-26(32)12-9-25(22)21-40-30-14-11-23(19-28(30)34)31(37)33-41(35,38)39/h2,4,8-9,11-12,14,18-19,24,27,29,36H,1,3,5-7,10,13,15-17,20-21H2,(H,33,37)/b8-4+/t24-,27+,29?/m0/s1. The zero-order chi connectivity index (χ0) is 29.0. The molecule has 1 unspecified atom stereocenters. The number of ether oxygens (including phenoxy) is 1. The first-order valence-electron chi connectivity index (χ1n) is 14.3. The zero-order valence-corrected chi connectivity index (χ0v) is 24.7. The molecule has 41 heavy (non-hydrogen) atoms. The molecule has 2 aromatic carbocycles. The maximum atomic E-state index is 13.3. The third-order valence-electron chi connectivity index (χ3n) is 8.38. The summed E-state index contributed by atoms with van der Waals surface area (Å²) in [6, 6.07) is 10.9. The Bertz CT molecular complexity index is 1410. The van der Waals surface area contributed by atoms with E-state index in [1.165, 1.54) is 10.4 Å². The first-order valence-corrected chi connectivity index (χ1v) is 16.1. The van der Waals surface area contributed by atoms with Crippen molar-refractivity contribution in [3.8, 4) is 5.75 Å². The summed E-state index contributed by atoms with van der Waals surface area (Å²) in [5.74, 6) is 0.327. The highest BCUT2D eigenvalue weighted by molar-refractivity contribution is 7.87. The highest BCUT2D eigenvalue weighted by atomic mass is 35.5. The Hall–Kier alpha value is -2.85. The molecule has 0 aromatic heterocycles. The first-order chi connectivity index (χ1) is 19.7. The predicted octanol–water partition coefficient (Wildman–Crippen LogP) is 4.87. The Morgan fingerprint density at radius 1 is 1.12 bits per heavy atom. The number of amides is 1. The average Bonchev–Trinajstić information content (AvgIpc) is 2.95. The van der Waals surface area contributed by atoms with E-state index in [-0.39, 0.29) is 30.5 Å². The maximum absolute atomic E-state index is 13.3. The van der Waals surface area contributed by atoms with Gasteiger partial charge in [-0.2, -0.15) is 12.7 Å². The van der Waals surface area contributed by atoms with Gasteiger partial charge < -0.3 is 14.7 Å². The summed E-state index contributed by atoms with van der Waals surface area (Å²) in [5, 5.41) is 11.7. The summed E-state index contributed by atoms with van der Waals surface area (Å²) in [7, 11) is -4.12. The average molecular weight is 600 g/mol.